The Morgan fingerprint density at radius 3 is 1.88 bits per heavy atom. The molecule has 0 fully saturated rings. The fourth-order valence-electron chi connectivity index (χ4n) is 8.82. The molecule has 266 valence electrons. The fraction of sp³-hybridized carbons (Fsp3) is 0. The lowest BCUT2D eigenvalue weighted by Gasteiger charge is -2.12. The van der Waals surface area contributed by atoms with Crippen LogP contribution < -0.4 is 0 Å². The van der Waals surface area contributed by atoms with Crippen molar-refractivity contribution >= 4 is 75.9 Å². The van der Waals surface area contributed by atoms with Gasteiger partial charge in [0, 0.05) is 54.0 Å². The first-order chi connectivity index (χ1) is 28.3. The zero-order valence-electron chi connectivity index (χ0n) is 30.7. The molecule has 0 N–H and O–H groups in total. The number of fused-ring (bicyclic) bond motifs is 9. The Balaban J connectivity index is 1.16. The topological polar surface area (TPSA) is 35.6 Å². The van der Waals surface area contributed by atoms with E-state index in [4.69, 9.17) is 9.97 Å². The summed E-state index contributed by atoms with van der Waals surface area (Å²) in [5.74, 6) is 0.665. The molecule has 0 atom stereocenters. The molecule has 4 aromatic heterocycles. The summed E-state index contributed by atoms with van der Waals surface area (Å²) in [6.45, 7) is 0. The van der Waals surface area contributed by atoms with Gasteiger partial charge in [-0.3, -0.25) is 4.57 Å². The van der Waals surface area contributed by atoms with E-state index in [1.165, 1.54) is 54.0 Å². The SMILES string of the molecule is c1ccc(-c2cc3c(-c4ccccc4)nc(-n4c5ccc(-c6cccc7c8ccccc8n(-c8ccccc8)c67)cc5c5ccc6ccccc6c54)nc3s2)cc1. The molecule has 4 nitrogen and oxygen atoms in total. The first-order valence-electron chi connectivity index (χ1n) is 19.3. The molecule has 0 aliphatic rings. The molecular formula is C52H32N4S. The maximum absolute atomic E-state index is 5.47. The normalized spacial score (nSPS) is 11.9. The minimum Gasteiger partial charge on any atom is -0.309 e. The molecule has 0 aliphatic heterocycles. The van der Waals surface area contributed by atoms with Gasteiger partial charge in [-0.25, -0.2) is 9.97 Å². The average Bonchev–Trinajstić information content (AvgIpc) is 3.97. The third-order valence-corrected chi connectivity index (χ3v) is 12.4. The zero-order chi connectivity index (χ0) is 37.5. The molecular weight excluding hydrogens is 713 g/mol. The Labute approximate surface area is 332 Å². The molecule has 0 radical (unpaired) electrons. The predicted octanol–water partition coefficient (Wildman–Crippen LogP) is 14.0. The van der Waals surface area contributed by atoms with E-state index in [-0.39, 0.29) is 0 Å². The zero-order valence-corrected chi connectivity index (χ0v) is 31.5. The van der Waals surface area contributed by atoms with Crippen LogP contribution in [-0.4, -0.2) is 19.1 Å². The molecule has 0 saturated heterocycles. The Morgan fingerprint density at radius 2 is 1.05 bits per heavy atom. The van der Waals surface area contributed by atoms with Crippen molar-refractivity contribution in [3.8, 4) is 44.5 Å². The van der Waals surface area contributed by atoms with Gasteiger partial charge in [0.25, 0.3) is 0 Å². The van der Waals surface area contributed by atoms with Gasteiger partial charge in [0.15, 0.2) is 0 Å². The number of thiophene rings is 1. The first kappa shape index (κ1) is 32.0. The third-order valence-electron chi connectivity index (χ3n) is 11.4. The number of benzene rings is 8. The molecule has 0 unspecified atom stereocenters. The van der Waals surface area contributed by atoms with Crippen LogP contribution >= 0.6 is 11.3 Å². The standard InChI is InChI=1S/C52H32N4S/c1-4-16-34(17-5-1)47-32-44-48(35-18-6-2-7-19-35)53-52(54-51(44)57-47)56-46-30-28-36(31-43(46)42-29-27-33-15-10-11-22-38(33)50(42)56)39-24-14-25-41-40-23-12-13-26-45(40)55(49(39)41)37-20-8-3-9-21-37/h1-32H. The Hall–Kier alpha value is -7.34. The number of rotatable bonds is 5. The van der Waals surface area contributed by atoms with Crippen molar-refractivity contribution in [1.82, 2.24) is 19.1 Å². The van der Waals surface area contributed by atoms with Crippen molar-refractivity contribution in [3.63, 3.8) is 0 Å². The monoisotopic (exact) mass is 744 g/mol. The van der Waals surface area contributed by atoms with Gasteiger partial charge in [-0.05, 0) is 52.9 Å². The number of hydrogen-bond acceptors (Lipinski definition) is 3. The molecule has 0 spiro atoms. The third kappa shape index (κ3) is 4.93. The molecule has 0 amide bonds. The van der Waals surface area contributed by atoms with Gasteiger partial charge in [0.1, 0.15) is 4.83 Å². The van der Waals surface area contributed by atoms with E-state index in [1.807, 2.05) is 0 Å². The highest BCUT2D eigenvalue weighted by Crippen LogP contribution is 2.43. The summed E-state index contributed by atoms with van der Waals surface area (Å²) in [5.41, 5.74) is 11.2. The molecule has 5 heteroatoms. The number of aromatic nitrogens is 4. The van der Waals surface area contributed by atoms with E-state index in [9.17, 15) is 0 Å². The van der Waals surface area contributed by atoms with Gasteiger partial charge in [-0.2, -0.15) is 0 Å². The van der Waals surface area contributed by atoms with E-state index in [0.29, 0.717) is 5.95 Å². The number of nitrogens with zero attached hydrogens (tertiary/aromatic N) is 4. The minimum absolute atomic E-state index is 0.665. The maximum Gasteiger partial charge on any atom is 0.236 e. The van der Waals surface area contributed by atoms with E-state index in [1.54, 1.807) is 11.3 Å². The van der Waals surface area contributed by atoms with E-state index in [2.05, 4.69) is 203 Å². The van der Waals surface area contributed by atoms with Crippen molar-refractivity contribution in [2.24, 2.45) is 0 Å². The van der Waals surface area contributed by atoms with Crippen LogP contribution in [0.4, 0.5) is 0 Å². The summed E-state index contributed by atoms with van der Waals surface area (Å²) in [7, 11) is 0. The fourth-order valence-corrected chi connectivity index (χ4v) is 9.86. The predicted molar refractivity (Wildman–Crippen MR) is 240 cm³/mol. The Bertz CT molecular complexity index is 3510. The molecule has 12 aromatic rings. The quantitative estimate of drug-likeness (QED) is 0.176. The van der Waals surface area contributed by atoms with Crippen LogP contribution in [0.15, 0.2) is 194 Å². The van der Waals surface area contributed by atoms with Gasteiger partial charge >= 0.3 is 0 Å². The number of hydrogen-bond donors (Lipinski definition) is 0. The van der Waals surface area contributed by atoms with Gasteiger partial charge in [0.2, 0.25) is 5.95 Å². The lowest BCUT2D eigenvalue weighted by atomic mass is 9.99. The van der Waals surface area contributed by atoms with Gasteiger partial charge in [-0.15, -0.1) is 11.3 Å². The van der Waals surface area contributed by atoms with E-state index >= 15 is 0 Å². The number of para-hydroxylation sites is 3. The van der Waals surface area contributed by atoms with E-state index in [0.717, 1.165) is 49.1 Å². The van der Waals surface area contributed by atoms with Crippen molar-refractivity contribution in [3.05, 3.63) is 194 Å². The summed E-state index contributed by atoms with van der Waals surface area (Å²) >= 11 is 1.72. The highest BCUT2D eigenvalue weighted by Gasteiger charge is 2.22. The molecule has 4 heterocycles. The smallest absolute Gasteiger partial charge is 0.236 e. The highest BCUT2D eigenvalue weighted by molar-refractivity contribution is 7.21. The second-order valence-electron chi connectivity index (χ2n) is 14.6. The maximum atomic E-state index is 5.47. The van der Waals surface area contributed by atoms with Crippen molar-refractivity contribution < 1.29 is 0 Å². The molecule has 8 aromatic carbocycles. The second kappa shape index (κ2) is 12.6. The molecule has 12 rings (SSSR count). The highest BCUT2D eigenvalue weighted by atomic mass is 32.1. The Kier molecular flexibility index (Phi) is 7.06. The van der Waals surface area contributed by atoms with Gasteiger partial charge in [-0.1, -0.05) is 158 Å². The van der Waals surface area contributed by atoms with Crippen molar-refractivity contribution in [2.75, 3.05) is 0 Å². The minimum atomic E-state index is 0.665. The summed E-state index contributed by atoms with van der Waals surface area (Å²) in [5, 5.41) is 8.22. The summed E-state index contributed by atoms with van der Waals surface area (Å²) in [6.07, 6.45) is 0. The molecule has 0 bridgehead atoms. The molecule has 57 heavy (non-hydrogen) atoms. The molecule has 0 saturated carbocycles. The van der Waals surface area contributed by atoms with Gasteiger partial charge < -0.3 is 4.57 Å². The van der Waals surface area contributed by atoms with Crippen molar-refractivity contribution in [1.29, 1.82) is 0 Å². The average molecular weight is 745 g/mol. The van der Waals surface area contributed by atoms with Crippen LogP contribution in [0.5, 0.6) is 0 Å². The summed E-state index contributed by atoms with van der Waals surface area (Å²) < 4.78 is 4.71. The lowest BCUT2D eigenvalue weighted by Crippen LogP contribution is -2.03. The van der Waals surface area contributed by atoms with Crippen LogP contribution in [0.3, 0.4) is 0 Å². The summed E-state index contributed by atoms with van der Waals surface area (Å²) in [6, 6.07) is 69.6. The van der Waals surface area contributed by atoms with Crippen LogP contribution in [-0.2, 0) is 0 Å². The Morgan fingerprint density at radius 1 is 0.386 bits per heavy atom. The second-order valence-corrected chi connectivity index (χ2v) is 15.6. The molecule has 0 aliphatic carbocycles. The van der Waals surface area contributed by atoms with Crippen LogP contribution in [0.2, 0.25) is 0 Å². The van der Waals surface area contributed by atoms with Crippen LogP contribution in [0.1, 0.15) is 0 Å². The van der Waals surface area contributed by atoms with E-state index < -0.39 is 0 Å². The van der Waals surface area contributed by atoms with Crippen LogP contribution in [0, 0.1) is 0 Å². The lowest BCUT2D eigenvalue weighted by molar-refractivity contribution is 1.02. The van der Waals surface area contributed by atoms with Crippen LogP contribution in [0.25, 0.3) is 109 Å². The van der Waals surface area contributed by atoms with Crippen molar-refractivity contribution in [2.45, 2.75) is 0 Å². The largest absolute Gasteiger partial charge is 0.309 e. The first-order valence-corrected chi connectivity index (χ1v) is 20.1. The van der Waals surface area contributed by atoms with Gasteiger partial charge in [0.05, 0.1) is 27.8 Å². The summed E-state index contributed by atoms with van der Waals surface area (Å²) in [4.78, 5) is 13.0.